The second-order valence-electron chi connectivity index (χ2n) is 5.61. The first-order chi connectivity index (χ1) is 11.7. The zero-order chi connectivity index (χ0) is 17.2. The van der Waals surface area contributed by atoms with Crippen molar-refractivity contribution in [2.24, 2.45) is 0 Å². The molecule has 1 heterocycles. The normalized spacial score (nSPS) is 18.0. The summed E-state index contributed by atoms with van der Waals surface area (Å²) in [5.74, 6) is -0.564. The maximum absolute atomic E-state index is 11.9. The van der Waals surface area contributed by atoms with Crippen LogP contribution in [0.1, 0.15) is 18.4 Å². The van der Waals surface area contributed by atoms with E-state index in [-0.39, 0.29) is 13.2 Å². The fraction of sp³-hybridized carbons (Fsp3) is 0.529. The maximum Gasteiger partial charge on any atom is 0.408 e. The highest BCUT2D eigenvalue weighted by molar-refractivity contribution is 5.81. The predicted octanol–water partition coefficient (Wildman–Crippen LogP) is 1.22. The molecule has 1 fully saturated rings. The van der Waals surface area contributed by atoms with Gasteiger partial charge in [-0.3, -0.25) is 0 Å². The lowest BCUT2D eigenvalue weighted by molar-refractivity contribution is -0.144. The fourth-order valence-corrected chi connectivity index (χ4v) is 2.45. The average molecular weight is 336 g/mol. The number of carbonyl (C=O) groups is 2. The van der Waals surface area contributed by atoms with Crippen molar-refractivity contribution in [2.45, 2.75) is 31.5 Å². The van der Waals surface area contributed by atoms with Crippen LogP contribution < -0.4 is 10.6 Å². The van der Waals surface area contributed by atoms with Crippen LogP contribution in [-0.2, 0) is 25.6 Å². The predicted molar refractivity (Wildman–Crippen MR) is 87.4 cm³/mol. The van der Waals surface area contributed by atoms with E-state index in [2.05, 4.69) is 10.6 Å². The molecule has 132 valence electrons. The molecule has 0 aliphatic carbocycles. The van der Waals surface area contributed by atoms with Gasteiger partial charge in [0, 0.05) is 6.04 Å². The van der Waals surface area contributed by atoms with Gasteiger partial charge in [-0.2, -0.15) is 0 Å². The standard InChI is InChI=1S/C17H24N2O5/c1-22-16(20)15(12-23-11-14-8-5-9-18-14)19-17(21)24-10-13-6-3-2-4-7-13/h2-4,6-7,14-15,18H,5,8-12H2,1H3,(H,19,21)/t14-,15-/m0/s1. The monoisotopic (exact) mass is 336 g/mol. The number of hydrogen-bond donors (Lipinski definition) is 2. The summed E-state index contributed by atoms with van der Waals surface area (Å²) >= 11 is 0. The molecule has 2 rings (SSSR count). The Morgan fingerprint density at radius 3 is 2.79 bits per heavy atom. The quantitative estimate of drug-likeness (QED) is 0.694. The van der Waals surface area contributed by atoms with Crippen molar-refractivity contribution in [3.63, 3.8) is 0 Å². The van der Waals surface area contributed by atoms with E-state index in [1.54, 1.807) is 0 Å². The molecule has 1 aromatic carbocycles. The van der Waals surface area contributed by atoms with Crippen LogP contribution in [0.3, 0.4) is 0 Å². The van der Waals surface area contributed by atoms with Gasteiger partial charge in [-0.25, -0.2) is 9.59 Å². The molecule has 0 bridgehead atoms. The van der Waals surface area contributed by atoms with Gasteiger partial charge in [0.05, 0.1) is 20.3 Å². The van der Waals surface area contributed by atoms with Crippen molar-refractivity contribution in [1.29, 1.82) is 0 Å². The number of rotatable bonds is 8. The van der Waals surface area contributed by atoms with Crippen LogP contribution in [0.5, 0.6) is 0 Å². The Balaban J connectivity index is 1.74. The van der Waals surface area contributed by atoms with E-state index in [4.69, 9.17) is 14.2 Å². The molecular weight excluding hydrogens is 312 g/mol. The number of carbonyl (C=O) groups excluding carboxylic acids is 2. The van der Waals surface area contributed by atoms with Gasteiger partial charge in [-0.15, -0.1) is 0 Å². The summed E-state index contributed by atoms with van der Waals surface area (Å²) in [7, 11) is 1.27. The molecule has 1 amide bonds. The Kier molecular flexibility index (Phi) is 7.51. The Hall–Kier alpha value is -2.12. The molecule has 0 saturated carbocycles. The minimum absolute atomic E-state index is 0.0469. The first-order valence-corrected chi connectivity index (χ1v) is 8.05. The third kappa shape index (κ3) is 6.17. The van der Waals surface area contributed by atoms with Crippen LogP contribution in [0.2, 0.25) is 0 Å². The Morgan fingerprint density at radius 1 is 1.33 bits per heavy atom. The summed E-state index contributed by atoms with van der Waals surface area (Å²) in [6, 6.07) is 8.71. The first-order valence-electron chi connectivity index (χ1n) is 8.05. The van der Waals surface area contributed by atoms with Crippen LogP contribution in [0.4, 0.5) is 4.79 Å². The zero-order valence-electron chi connectivity index (χ0n) is 13.8. The fourth-order valence-electron chi connectivity index (χ4n) is 2.45. The van der Waals surface area contributed by atoms with Crippen LogP contribution in [0.25, 0.3) is 0 Å². The summed E-state index contributed by atoms with van der Waals surface area (Å²) < 4.78 is 15.3. The SMILES string of the molecule is COC(=O)[C@H](COC[C@@H]1CCCN1)NC(=O)OCc1ccccc1. The minimum Gasteiger partial charge on any atom is -0.467 e. The van der Waals surface area contributed by atoms with Crippen molar-refractivity contribution >= 4 is 12.1 Å². The number of methoxy groups -OCH3 is 1. The zero-order valence-corrected chi connectivity index (χ0v) is 13.8. The summed E-state index contributed by atoms with van der Waals surface area (Å²) in [4.78, 5) is 23.6. The lowest BCUT2D eigenvalue weighted by atomic mass is 10.2. The second-order valence-corrected chi connectivity index (χ2v) is 5.61. The lowest BCUT2D eigenvalue weighted by Gasteiger charge is -2.18. The molecule has 0 aromatic heterocycles. The molecule has 0 unspecified atom stereocenters. The van der Waals surface area contributed by atoms with E-state index in [9.17, 15) is 9.59 Å². The lowest BCUT2D eigenvalue weighted by Crippen LogP contribution is -2.45. The number of esters is 1. The van der Waals surface area contributed by atoms with Gasteiger partial charge >= 0.3 is 12.1 Å². The molecule has 2 N–H and O–H groups in total. The van der Waals surface area contributed by atoms with Gasteiger partial charge in [0.15, 0.2) is 6.04 Å². The Labute approximate surface area is 141 Å². The molecule has 1 saturated heterocycles. The van der Waals surface area contributed by atoms with E-state index >= 15 is 0 Å². The highest BCUT2D eigenvalue weighted by Crippen LogP contribution is 2.05. The average Bonchev–Trinajstić information content (AvgIpc) is 3.12. The van der Waals surface area contributed by atoms with Gasteiger partial charge in [-0.05, 0) is 24.9 Å². The number of ether oxygens (including phenoxy) is 3. The maximum atomic E-state index is 11.9. The van der Waals surface area contributed by atoms with E-state index < -0.39 is 18.1 Å². The molecule has 0 radical (unpaired) electrons. The van der Waals surface area contributed by atoms with Gasteiger partial charge < -0.3 is 24.8 Å². The first kappa shape index (κ1) is 18.2. The number of benzene rings is 1. The Bertz CT molecular complexity index is 517. The van der Waals surface area contributed by atoms with Gasteiger partial charge in [0.1, 0.15) is 6.61 Å². The van der Waals surface area contributed by atoms with Crippen LogP contribution in [-0.4, -0.2) is 51.0 Å². The Morgan fingerprint density at radius 2 is 2.12 bits per heavy atom. The van der Waals surface area contributed by atoms with Crippen molar-refractivity contribution in [3.8, 4) is 0 Å². The topological polar surface area (TPSA) is 85.9 Å². The molecule has 0 spiro atoms. The van der Waals surface area contributed by atoms with Crippen molar-refractivity contribution in [1.82, 2.24) is 10.6 Å². The highest BCUT2D eigenvalue weighted by Gasteiger charge is 2.23. The molecule has 2 atom stereocenters. The molecule has 1 aliphatic rings. The van der Waals surface area contributed by atoms with E-state index in [0.717, 1.165) is 24.9 Å². The number of amides is 1. The summed E-state index contributed by atoms with van der Waals surface area (Å²) in [5, 5.41) is 5.78. The van der Waals surface area contributed by atoms with E-state index in [1.165, 1.54) is 7.11 Å². The molecule has 7 heteroatoms. The van der Waals surface area contributed by atoms with Crippen LogP contribution in [0, 0.1) is 0 Å². The molecular formula is C17H24N2O5. The third-order valence-corrected chi connectivity index (χ3v) is 3.76. The van der Waals surface area contributed by atoms with Gasteiger partial charge in [-0.1, -0.05) is 30.3 Å². The highest BCUT2D eigenvalue weighted by atomic mass is 16.6. The van der Waals surface area contributed by atoms with Gasteiger partial charge in [0.2, 0.25) is 0 Å². The molecule has 7 nitrogen and oxygen atoms in total. The van der Waals surface area contributed by atoms with Gasteiger partial charge in [0.25, 0.3) is 0 Å². The molecule has 1 aromatic rings. The number of hydrogen-bond acceptors (Lipinski definition) is 6. The van der Waals surface area contributed by atoms with Crippen LogP contribution in [0.15, 0.2) is 30.3 Å². The molecule has 24 heavy (non-hydrogen) atoms. The molecule has 1 aliphatic heterocycles. The van der Waals surface area contributed by atoms with Crippen molar-refractivity contribution in [3.05, 3.63) is 35.9 Å². The van der Waals surface area contributed by atoms with Crippen molar-refractivity contribution in [2.75, 3.05) is 26.9 Å². The smallest absolute Gasteiger partial charge is 0.408 e. The largest absolute Gasteiger partial charge is 0.467 e. The second kappa shape index (κ2) is 9.89. The summed E-state index contributed by atoms with van der Waals surface area (Å²) in [6.07, 6.45) is 1.49. The van der Waals surface area contributed by atoms with E-state index in [0.29, 0.717) is 12.6 Å². The number of alkyl carbamates (subject to hydrolysis) is 1. The van der Waals surface area contributed by atoms with E-state index in [1.807, 2.05) is 30.3 Å². The minimum atomic E-state index is -0.889. The number of nitrogens with one attached hydrogen (secondary N) is 2. The summed E-state index contributed by atoms with van der Waals surface area (Å²) in [5.41, 5.74) is 0.867. The van der Waals surface area contributed by atoms with Crippen LogP contribution >= 0.6 is 0 Å². The third-order valence-electron chi connectivity index (χ3n) is 3.76. The summed E-state index contributed by atoms with van der Waals surface area (Å²) in [6.45, 7) is 1.66. The van der Waals surface area contributed by atoms with Crippen molar-refractivity contribution < 1.29 is 23.8 Å².